The van der Waals surface area contributed by atoms with Crippen LogP contribution < -0.4 is 37.9 Å². The molecule has 260 valence electrons. The maximum Gasteiger partial charge on any atom is 0.167 e. The molecule has 12 nitrogen and oxygen atoms in total. The Bertz CT molecular complexity index is 1880. The van der Waals surface area contributed by atoms with Gasteiger partial charge in [-0.25, -0.2) is 0 Å². The van der Waals surface area contributed by atoms with Crippen molar-refractivity contribution in [3.8, 4) is 46.0 Å². The summed E-state index contributed by atoms with van der Waals surface area (Å²) in [6, 6.07) is 13.3. The van der Waals surface area contributed by atoms with E-state index in [1.54, 1.807) is 55.5 Å². The molecule has 4 N–H and O–H groups in total. The number of ether oxygens (including phenoxy) is 8. The Labute approximate surface area is 283 Å². The van der Waals surface area contributed by atoms with Crippen LogP contribution in [0.3, 0.4) is 0 Å². The van der Waals surface area contributed by atoms with E-state index in [1.165, 1.54) is 42.7 Å². The number of methoxy groups -OCH3 is 6. The van der Waals surface area contributed by atoms with Gasteiger partial charge in [0.05, 0.1) is 42.7 Å². The van der Waals surface area contributed by atoms with Gasteiger partial charge in [0.2, 0.25) is 0 Å². The first-order valence-electron chi connectivity index (χ1n) is 15.5. The molecule has 0 heterocycles. The summed E-state index contributed by atoms with van der Waals surface area (Å²) in [6.07, 6.45) is -3.36. The lowest BCUT2D eigenvalue weighted by Crippen LogP contribution is -2.32. The topological polar surface area (TPSA) is 155 Å². The van der Waals surface area contributed by atoms with Crippen molar-refractivity contribution in [2.24, 2.45) is 0 Å². The molecule has 0 fully saturated rings. The van der Waals surface area contributed by atoms with Crippen LogP contribution in [0.15, 0.2) is 48.5 Å². The number of hydrogen-bond acceptors (Lipinski definition) is 12. The zero-order valence-corrected chi connectivity index (χ0v) is 28.3. The third-order valence-corrected chi connectivity index (χ3v) is 9.28. The quantitative estimate of drug-likeness (QED) is 0.167. The standard InChI is InChI=1S/C37H40O12/c1-37(41)22-16-27(44-4)26(43-3)14-20(22)33(39)21-15-29(28(45-5)17-23(21)37)49-13-12-48-25-11-9-19-31(36(25)47-7)34(40)30-18(32(19)38)8-10-24(42-2)35(30)46-6/h8-11,14-17,32-34,38-41H,12-13H2,1-7H3/t32-,33?,34?,37?/m1/s1. The van der Waals surface area contributed by atoms with Crippen LogP contribution >= 0.6 is 0 Å². The second-order valence-corrected chi connectivity index (χ2v) is 11.8. The minimum atomic E-state index is -1.49. The number of benzene rings is 4. The van der Waals surface area contributed by atoms with Gasteiger partial charge < -0.3 is 58.3 Å². The Balaban J connectivity index is 1.25. The smallest absolute Gasteiger partial charge is 0.167 e. The van der Waals surface area contributed by atoms with Crippen molar-refractivity contribution in [2.45, 2.75) is 30.8 Å². The van der Waals surface area contributed by atoms with Crippen LogP contribution in [0.2, 0.25) is 0 Å². The van der Waals surface area contributed by atoms with Gasteiger partial charge in [0, 0.05) is 11.1 Å². The highest BCUT2D eigenvalue weighted by Gasteiger charge is 2.41. The molecule has 2 aliphatic rings. The lowest BCUT2D eigenvalue weighted by Gasteiger charge is -2.37. The third-order valence-electron chi connectivity index (χ3n) is 9.28. The average Bonchev–Trinajstić information content (AvgIpc) is 3.12. The van der Waals surface area contributed by atoms with Crippen molar-refractivity contribution in [2.75, 3.05) is 55.9 Å². The van der Waals surface area contributed by atoms with Gasteiger partial charge in [-0.3, -0.25) is 0 Å². The average molecular weight is 677 g/mol. The Kier molecular flexibility index (Phi) is 9.16. The van der Waals surface area contributed by atoms with Crippen LogP contribution in [0.4, 0.5) is 0 Å². The summed E-state index contributed by atoms with van der Waals surface area (Å²) in [5.74, 6) is 2.83. The third kappa shape index (κ3) is 5.41. The number of hydrogen-bond donors (Lipinski definition) is 4. The van der Waals surface area contributed by atoms with Crippen LogP contribution in [0, 0.1) is 0 Å². The summed E-state index contributed by atoms with van der Waals surface area (Å²) in [4.78, 5) is 0. The summed E-state index contributed by atoms with van der Waals surface area (Å²) in [5, 5.41) is 46.0. The molecular weight excluding hydrogens is 636 g/mol. The first kappa shape index (κ1) is 34.0. The molecule has 0 bridgehead atoms. The minimum absolute atomic E-state index is 0.0574. The molecule has 12 heteroatoms. The van der Waals surface area contributed by atoms with E-state index < -0.39 is 23.9 Å². The lowest BCUT2D eigenvalue weighted by molar-refractivity contribution is 0.0832. The first-order chi connectivity index (χ1) is 23.6. The summed E-state index contributed by atoms with van der Waals surface area (Å²) in [7, 11) is 8.92. The van der Waals surface area contributed by atoms with Crippen molar-refractivity contribution < 1.29 is 58.3 Å². The molecule has 4 atom stereocenters. The summed E-state index contributed by atoms with van der Waals surface area (Å²) in [6.45, 7) is 1.76. The van der Waals surface area contributed by atoms with Gasteiger partial charge in [-0.2, -0.15) is 0 Å². The van der Waals surface area contributed by atoms with Crippen LogP contribution in [0.5, 0.6) is 46.0 Å². The normalized spacial score (nSPS) is 20.2. The molecule has 49 heavy (non-hydrogen) atoms. The second kappa shape index (κ2) is 13.2. The first-order valence-corrected chi connectivity index (χ1v) is 15.5. The maximum atomic E-state index is 11.7. The Morgan fingerprint density at radius 2 is 0.898 bits per heavy atom. The monoisotopic (exact) mass is 676 g/mol. The van der Waals surface area contributed by atoms with Gasteiger partial charge in [0.1, 0.15) is 37.1 Å². The molecule has 0 aliphatic heterocycles. The number of aliphatic hydroxyl groups is 4. The van der Waals surface area contributed by atoms with Crippen LogP contribution in [-0.4, -0.2) is 76.3 Å². The molecule has 0 saturated carbocycles. The highest BCUT2D eigenvalue weighted by atomic mass is 16.6. The van der Waals surface area contributed by atoms with Gasteiger partial charge in [-0.15, -0.1) is 0 Å². The lowest BCUT2D eigenvalue weighted by atomic mass is 9.74. The zero-order valence-electron chi connectivity index (χ0n) is 28.3. The molecular formula is C37H40O12. The zero-order chi connectivity index (χ0) is 35.2. The molecule has 4 aromatic carbocycles. The fraction of sp³-hybridized carbons (Fsp3) is 0.351. The van der Waals surface area contributed by atoms with Crippen molar-refractivity contribution in [3.05, 3.63) is 93.0 Å². The number of aliphatic hydroxyl groups excluding tert-OH is 3. The van der Waals surface area contributed by atoms with Crippen molar-refractivity contribution in [1.29, 1.82) is 0 Å². The molecule has 2 aliphatic carbocycles. The van der Waals surface area contributed by atoms with Gasteiger partial charge in [0.25, 0.3) is 0 Å². The van der Waals surface area contributed by atoms with Crippen molar-refractivity contribution >= 4 is 0 Å². The van der Waals surface area contributed by atoms with E-state index in [0.29, 0.717) is 84.8 Å². The minimum Gasteiger partial charge on any atom is -0.493 e. The van der Waals surface area contributed by atoms with Gasteiger partial charge >= 0.3 is 0 Å². The van der Waals surface area contributed by atoms with E-state index in [2.05, 4.69) is 0 Å². The molecule has 0 aromatic heterocycles. The van der Waals surface area contributed by atoms with Gasteiger partial charge in [-0.05, 0) is 76.7 Å². The van der Waals surface area contributed by atoms with Gasteiger partial charge in [-0.1, -0.05) is 12.1 Å². The highest BCUT2D eigenvalue weighted by molar-refractivity contribution is 5.65. The van der Waals surface area contributed by atoms with Gasteiger partial charge in [0.15, 0.2) is 46.0 Å². The Morgan fingerprint density at radius 3 is 1.41 bits per heavy atom. The van der Waals surface area contributed by atoms with E-state index in [9.17, 15) is 20.4 Å². The molecule has 0 spiro atoms. The molecule has 3 unspecified atom stereocenters. The van der Waals surface area contributed by atoms with E-state index in [0.717, 1.165) is 0 Å². The Morgan fingerprint density at radius 1 is 0.490 bits per heavy atom. The van der Waals surface area contributed by atoms with E-state index >= 15 is 0 Å². The van der Waals surface area contributed by atoms with E-state index in [1.807, 2.05) is 0 Å². The second-order valence-electron chi connectivity index (χ2n) is 11.8. The predicted octanol–water partition coefficient (Wildman–Crippen LogP) is 4.32. The molecule has 0 amide bonds. The fourth-order valence-corrected chi connectivity index (χ4v) is 6.89. The molecule has 0 radical (unpaired) electrons. The molecule has 4 aromatic rings. The van der Waals surface area contributed by atoms with Crippen LogP contribution in [0.25, 0.3) is 0 Å². The summed E-state index contributed by atoms with van der Waals surface area (Å²) < 4.78 is 45.3. The van der Waals surface area contributed by atoms with Crippen LogP contribution in [-0.2, 0) is 5.60 Å². The largest absolute Gasteiger partial charge is 0.493 e. The summed E-state index contributed by atoms with van der Waals surface area (Å²) >= 11 is 0. The number of rotatable bonds is 11. The van der Waals surface area contributed by atoms with Crippen molar-refractivity contribution in [1.82, 2.24) is 0 Å². The predicted molar refractivity (Wildman–Crippen MR) is 177 cm³/mol. The van der Waals surface area contributed by atoms with E-state index in [4.69, 9.17) is 37.9 Å². The van der Waals surface area contributed by atoms with Crippen molar-refractivity contribution in [3.63, 3.8) is 0 Å². The Hall–Kier alpha value is -4.88. The van der Waals surface area contributed by atoms with E-state index in [-0.39, 0.29) is 19.0 Å². The fourth-order valence-electron chi connectivity index (χ4n) is 6.89. The molecule has 0 saturated heterocycles. The van der Waals surface area contributed by atoms with Crippen LogP contribution in [0.1, 0.15) is 69.7 Å². The SMILES string of the molecule is COc1cc2c(cc1OC)C(C)(O)c1cc(OC)c(OCCOc3ccc4c(c3OC)C(O)c3c(ccc(OC)c3OC)[C@H]4O)cc1C2O. The number of fused-ring (bicyclic) bond motifs is 4. The maximum absolute atomic E-state index is 11.7. The molecule has 6 rings (SSSR count). The highest BCUT2D eigenvalue weighted by Crippen LogP contribution is 2.53. The summed E-state index contributed by atoms with van der Waals surface area (Å²) in [5.41, 5.74) is 2.05.